The molecular weight excluding hydrogens is 516 g/mol. The van der Waals surface area contributed by atoms with Crippen LogP contribution in [-0.2, 0) is 5.41 Å². The minimum absolute atomic E-state index is 0.109. The lowest BCUT2D eigenvalue weighted by atomic mass is 9.70. The third-order valence-electron chi connectivity index (χ3n) is 10.6. The highest BCUT2D eigenvalue weighted by molar-refractivity contribution is 5.94. The van der Waals surface area contributed by atoms with Crippen LogP contribution in [0, 0.1) is 6.92 Å². The average molecular weight is 559 g/mol. The molecule has 3 aliphatic rings. The highest BCUT2D eigenvalue weighted by Gasteiger charge is 2.44. The number of aryl methyl sites for hydroxylation is 1. The van der Waals surface area contributed by atoms with E-state index in [9.17, 15) is 4.79 Å². The number of hydrogen-bond donors (Lipinski definition) is 0. The number of hydrogen-bond acceptors (Lipinski definition) is 3. The van der Waals surface area contributed by atoms with Gasteiger partial charge in [-0.15, -0.1) is 0 Å². The summed E-state index contributed by atoms with van der Waals surface area (Å²) in [5.74, 6) is 1.30. The predicted octanol–water partition coefficient (Wildman–Crippen LogP) is 7.42. The molecule has 3 atom stereocenters. The number of carbonyl (C=O) groups is 1. The second-order valence-electron chi connectivity index (χ2n) is 12.8. The molecule has 0 radical (unpaired) electrons. The fourth-order valence-electron chi connectivity index (χ4n) is 8.35. The van der Waals surface area contributed by atoms with E-state index in [-0.39, 0.29) is 11.3 Å². The van der Waals surface area contributed by atoms with E-state index in [4.69, 9.17) is 4.98 Å². The fourth-order valence-corrected chi connectivity index (χ4v) is 8.35. The van der Waals surface area contributed by atoms with E-state index in [2.05, 4.69) is 82.5 Å². The van der Waals surface area contributed by atoms with Gasteiger partial charge >= 0.3 is 0 Å². The normalized spacial score (nSPS) is 23.7. The summed E-state index contributed by atoms with van der Waals surface area (Å²) in [4.78, 5) is 23.2. The molecule has 0 spiro atoms. The Balaban J connectivity index is 1.05. The van der Waals surface area contributed by atoms with E-state index in [0.29, 0.717) is 18.1 Å². The number of amides is 1. The zero-order valence-electron chi connectivity index (χ0n) is 24.8. The van der Waals surface area contributed by atoms with E-state index in [1.54, 1.807) is 0 Å². The monoisotopic (exact) mass is 558 g/mol. The molecule has 3 aromatic carbocycles. The highest BCUT2D eigenvalue weighted by Crippen LogP contribution is 2.45. The highest BCUT2D eigenvalue weighted by atomic mass is 16.2. The summed E-state index contributed by atoms with van der Waals surface area (Å²) < 4.78 is 2.53. The second kappa shape index (κ2) is 11.2. The molecule has 3 saturated heterocycles. The van der Waals surface area contributed by atoms with Crippen LogP contribution in [0.15, 0.2) is 85.4 Å². The summed E-state index contributed by atoms with van der Waals surface area (Å²) in [6.45, 7) is 8.75. The zero-order valence-corrected chi connectivity index (χ0v) is 24.8. The summed E-state index contributed by atoms with van der Waals surface area (Å²) in [7, 11) is 0. The van der Waals surface area contributed by atoms with Crippen molar-refractivity contribution >= 4 is 23.0 Å². The maximum Gasteiger partial charge on any atom is 0.253 e. The standard InChI is InChI=1S/C37H42N4O/c1-3-28-13-15-29(16-14-28)36(42)39-22-19-37(20-23-39,30-9-5-4-6-10-30)21-24-40-31-17-18-32(40)26-33(25-31)41-27(2)38-34-11-7-8-12-35(34)41/h3-16,31-33H,1,17-26H2,2H3/t31-,32+,33+. The lowest BCUT2D eigenvalue weighted by molar-refractivity contribution is 0.0607. The minimum Gasteiger partial charge on any atom is -0.339 e. The second-order valence-corrected chi connectivity index (χ2v) is 12.8. The lowest BCUT2D eigenvalue weighted by Gasteiger charge is -2.45. The molecule has 216 valence electrons. The van der Waals surface area contributed by atoms with Gasteiger partial charge in [0, 0.05) is 36.8 Å². The topological polar surface area (TPSA) is 41.4 Å². The van der Waals surface area contributed by atoms with Gasteiger partial charge in [-0.25, -0.2) is 4.98 Å². The van der Waals surface area contributed by atoms with Crippen LogP contribution in [0.3, 0.4) is 0 Å². The van der Waals surface area contributed by atoms with Crippen molar-refractivity contribution in [3.05, 3.63) is 108 Å². The summed E-state index contributed by atoms with van der Waals surface area (Å²) in [5, 5.41) is 0. The number of para-hydroxylation sites is 2. The fraction of sp³-hybridized carbons (Fsp3) is 0.405. The van der Waals surface area contributed by atoms with Gasteiger partial charge in [0.2, 0.25) is 0 Å². The molecule has 0 unspecified atom stereocenters. The zero-order chi connectivity index (χ0) is 28.7. The van der Waals surface area contributed by atoms with E-state index in [1.165, 1.54) is 36.8 Å². The first-order valence-corrected chi connectivity index (χ1v) is 15.8. The minimum atomic E-state index is 0.109. The van der Waals surface area contributed by atoms with Gasteiger partial charge < -0.3 is 9.47 Å². The summed E-state index contributed by atoms with van der Waals surface area (Å²) in [5.41, 5.74) is 5.77. The largest absolute Gasteiger partial charge is 0.339 e. The molecule has 0 aliphatic carbocycles. The van der Waals surface area contributed by atoms with Gasteiger partial charge in [0.25, 0.3) is 5.91 Å². The van der Waals surface area contributed by atoms with Crippen LogP contribution in [0.1, 0.15) is 78.3 Å². The Hall–Kier alpha value is -3.70. The lowest BCUT2D eigenvalue weighted by Crippen LogP contribution is -2.49. The maximum atomic E-state index is 13.4. The average Bonchev–Trinajstić information content (AvgIpc) is 3.50. The van der Waals surface area contributed by atoms with Crippen LogP contribution >= 0.6 is 0 Å². The molecule has 0 saturated carbocycles. The van der Waals surface area contributed by atoms with Crippen LogP contribution in [0.4, 0.5) is 0 Å². The molecule has 5 nitrogen and oxygen atoms in total. The molecule has 1 aromatic heterocycles. The number of benzene rings is 3. The first-order valence-electron chi connectivity index (χ1n) is 15.8. The Kier molecular flexibility index (Phi) is 7.23. The Morgan fingerprint density at radius 3 is 2.26 bits per heavy atom. The van der Waals surface area contributed by atoms with Crippen molar-refractivity contribution in [1.29, 1.82) is 0 Å². The third-order valence-corrected chi connectivity index (χ3v) is 10.6. The summed E-state index contributed by atoms with van der Waals surface area (Å²) in [6.07, 6.45) is 10.0. The smallest absolute Gasteiger partial charge is 0.253 e. The van der Waals surface area contributed by atoms with Gasteiger partial charge in [0.15, 0.2) is 0 Å². The molecule has 0 N–H and O–H groups in total. The van der Waals surface area contributed by atoms with Crippen molar-refractivity contribution in [2.75, 3.05) is 19.6 Å². The van der Waals surface area contributed by atoms with Gasteiger partial charge in [-0.1, -0.05) is 67.3 Å². The molecule has 3 fully saturated rings. The Bertz CT molecular complexity index is 1550. The van der Waals surface area contributed by atoms with Crippen molar-refractivity contribution in [3.8, 4) is 0 Å². The molecule has 5 heteroatoms. The van der Waals surface area contributed by atoms with Crippen LogP contribution in [-0.4, -0.2) is 57.0 Å². The SMILES string of the molecule is C=Cc1ccc(C(=O)N2CCC(CCN3[C@@H]4CC[C@H]3C[C@@H](n3c(C)nc5ccccc53)C4)(c3ccccc3)CC2)cc1. The van der Waals surface area contributed by atoms with Gasteiger partial charge in [-0.2, -0.15) is 0 Å². The third kappa shape index (κ3) is 4.88. The first-order chi connectivity index (χ1) is 20.5. The number of rotatable bonds is 7. The van der Waals surface area contributed by atoms with Crippen molar-refractivity contribution in [1.82, 2.24) is 19.4 Å². The molecule has 1 amide bonds. The summed E-state index contributed by atoms with van der Waals surface area (Å²) in [6, 6.07) is 29.4. The molecule has 4 aromatic rings. The van der Waals surface area contributed by atoms with E-state index in [0.717, 1.165) is 61.4 Å². The Morgan fingerprint density at radius 1 is 0.905 bits per heavy atom. The quantitative estimate of drug-likeness (QED) is 0.237. The van der Waals surface area contributed by atoms with Gasteiger partial charge in [0.05, 0.1) is 11.0 Å². The van der Waals surface area contributed by atoms with E-state index in [1.807, 2.05) is 30.3 Å². The maximum absolute atomic E-state index is 13.4. The van der Waals surface area contributed by atoms with Crippen LogP contribution in [0.25, 0.3) is 17.1 Å². The molecule has 2 bridgehead atoms. The van der Waals surface area contributed by atoms with Crippen LogP contribution in [0.2, 0.25) is 0 Å². The number of imidazole rings is 1. The predicted molar refractivity (Wildman–Crippen MR) is 171 cm³/mol. The van der Waals surface area contributed by atoms with E-state index >= 15 is 0 Å². The van der Waals surface area contributed by atoms with Crippen molar-refractivity contribution in [2.45, 2.75) is 75.4 Å². The number of likely N-dealkylation sites (tertiary alicyclic amines) is 1. The van der Waals surface area contributed by atoms with Crippen molar-refractivity contribution in [3.63, 3.8) is 0 Å². The summed E-state index contributed by atoms with van der Waals surface area (Å²) >= 11 is 0. The van der Waals surface area contributed by atoms with Crippen molar-refractivity contribution < 1.29 is 4.79 Å². The Morgan fingerprint density at radius 2 is 1.57 bits per heavy atom. The van der Waals surface area contributed by atoms with E-state index < -0.39 is 0 Å². The molecule has 4 heterocycles. The van der Waals surface area contributed by atoms with Gasteiger partial charge in [0.1, 0.15) is 5.82 Å². The molecule has 3 aliphatic heterocycles. The number of nitrogens with zero attached hydrogens (tertiary/aromatic N) is 4. The molecule has 7 rings (SSSR count). The Labute approximate surface area is 249 Å². The number of fused-ring (bicyclic) bond motifs is 3. The van der Waals surface area contributed by atoms with Crippen LogP contribution in [0.5, 0.6) is 0 Å². The molecule has 42 heavy (non-hydrogen) atoms. The number of aromatic nitrogens is 2. The first kappa shape index (κ1) is 27.2. The number of carbonyl (C=O) groups excluding carboxylic acids is 1. The van der Waals surface area contributed by atoms with Crippen LogP contribution < -0.4 is 0 Å². The van der Waals surface area contributed by atoms with Gasteiger partial charge in [-0.3, -0.25) is 9.69 Å². The molecular formula is C37H42N4O. The van der Waals surface area contributed by atoms with Crippen molar-refractivity contribution in [2.24, 2.45) is 0 Å². The number of piperidine rings is 2. The van der Waals surface area contributed by atoms with Gasteiger partial charge in [-0.05, 0) is 99.2 Å².